The number of carbonyl (C=O) groups excluding carboxylic acids is 1. The monoisotopic (exact) mass is 338 g/mol. The minimum atomic E-state index is -0.373. The minimum absolute atomic E-state index is 0.0716. The number of amides is 1. The van der Waals surface area contributed by atoms with Crippen molar-refractivity contribution in [2.75, 3.05) is 5.73 Å². The second kappa shape index (κ2) is 7.08. The fourth-order valence-electron chi connectivity index (χ4n) is 2.17. The van der Waals surface area contributed by atoms with E-state index in [1.54, 1.807) is 6.07 Å². The van der Waals surface area contributed by atoms with Crippen LogP contribution in [-0.4, -0.2) is 26.0 Å². The maximum Gasteiger partial charge on any atom is 0.270 e. The molecule has 0 saturated heterocycles. The van der Waals surface area contributed by atoms with Crippen molar-refractivity contribution in [3.63, 3.8) is 0 Å². The van der Waals surface area contributed by atoms with E-state index in [9.17, 15) is 4.79 Å². The first-order valence-corrected chi connectivity index (χ1v) is 7.83. The summed E-state index contributed by atoms with van der Waals surface area (Å²) in [5.41, 5.74) is 7.41. The first kappa shape index (κ1) is 16.6. The molecule has 1 aromatic carbocycles. The number of anilines is 1. The van der Waals surface area contributed by atoms with Crippen LogP contribution in [-0.2, 0) is 6.54 Å². The first-order valence-electron chi connectivity index (χ1n) is 7.83. The smallest absolute Gasteiger partial charge is 0.270 e. The summed E-state index contributed by atoms with van der Waals surface area (Å²) in [6, 6.07) is 11.0. The van der Waals surface area contributed by atoms with Crippen LogP contribution in [0, 0.1) is 0 Å². The molecule has 25 heavy (non-hydrogen) atoms. The number of hydrogen-bond acceptors (Lipinski definition) is 7. The van der Waals surface area contributed by atoms with E-state index in [2.05, 4.69) is 25.4 Å². The summed E-state index contributed by atoms with van der Waals surface area (Å²) in [6.07, 6.45) is 0. The lowest BCUT2D eigenvalue weighted by Gasteiger charge is -2.08. The van der Waals surface area contributed by atoms with Crippen molar-refractivity contribution in [3.8, 4) is 11.5 Å². The topological polar surface area (TPSA) is 120 Å². The predicted molar refractivity (Wildman–Crippen MR) is 91.4 cm³/mol. The molecule has 2 heterocycles. The maximum atomic E-state index is 12.3. The van der Waals surface area contributed by atoms with Crippen LogP contribution < -0.4 is 11.1 Å². The zero-order valence-electron chi connectivity index (χ0n) is 13.9. The van der Waals surface area contributed by atoms with Crippen molar-refractivity contribution in [2.45, 2.75) is 26.3 Å². The van der Waals surface area contributed by atoms with Crippen LogP contribution in [0.4, 0.5) is 5.95 Å². The van der Waals surface area contributed by atoms with Gasteiger partial charge in [0.2, 0.25) is 5.95 Å². The average Bonchev–Trinajstić information content (AvgIpc) is 3.09. The van der Waals surface area contributed by atoms with Gasteiger partial charge < -0.3 is 15.6 Å². The molecule has 3 N–H and O–H groups in total. The lowest BCUT2D eigenvalue weighted by atomic mass is 10.1. The van der Waals surface area contributed by atoms with E-state index in [-0.39, 0.29) is 30.0 Å². The van der Waals surface area contributed by atoms with Crippen LogP contribution in [0.3, 0.4) is 0 Å². The van der Waals surface area contributed by atoms with Crippen LogP contribution in [0.1, 0.15) is 41.8 Å². The third kappa shape index (κ3) is 3.97. The molecule has 0 aliphatic heterocycles. The van der Waals surface area contributed by atoms with Crippen LogP contribution in [0.15, 0.2) is 40.9 Å². The number of aromatic nitrogens is 4. The second-order valence-corrected chi connectivity index (χ2v) is 5.76. The third-order valence-corrected chi connectivity index (χ3v) is 3.48. The van der Waals surface area contributed by atoms with E-state index in [1.807, 2.05) is 44.2 Å². The van der Waals surface area contributed by atoms with Gasteiger partial charge in [0.25, 0.3) is 11.8 Å². The van der Waals surface area contributed by atoms with Crippen molar-refractivity contribution in [3.05, 3.63) is 53.6 Å². The molecule has 3 aromatic rings. The quantitative estimate of drug-likeness (QED) is 0.731. The number of nitrogens with two attached hydrogens (primary N) is 1. The Kier molecular flexibility index (Phi) is 4.69. The maximum absolute atomic E-state index is 12.3. The van der Waals surface area contributed by atoms with Gasteiger partial charge in [0.15, 0.2) is 5.82 Å². The number of nitrogens with zero attached hydrogens (tertiary/aromatic N) is 4. The highest BCUT2D eigenvalue weighted by atomic mass is 16.5. The zero-order chi connectivity index (χ0) is 17.8. The zero-order valence-corrected chi connectivity index (χ0v) is 13.9. The van der Waals surface area contributed by atoms with E-state index >= 15 is 0 Å². The molecule has 0 radical (unpaired) electrons. The highest BCUT2D eigenvalue weighted by molar-refractivity contribution is 5.92. The molecule has 128 valence electrons. The van der Waals surface area contributed by atoms with Crippen molar-refractivity contribution in [1.82, 2.24) is 25.4 Å². The Hall–Kier alpha value is -3.29. The Balaban J connectivity index is 1.68. The number of benzene rings is 1. The van der Waals surface area contributed by atoms with Crippen molar-refractivity contribution in [1.29, 1.82) is 0 Å². The Bertz CT molecular complexity index is 876. The normalized spacial score (nSPS) is 10.8. The molecule has 8 nitrogen and oxygen atoms in total. The molecule has 0 spiro atoms. The van der Waals surface area contributed by atoms with Gasteiger partial charge in [-0.3, -0.25) is 4.79 Å². The lowest BCUT2D eigenvalue weighted by Crippen LogP contribution is -2.25. The number of rotatable bonds is 5. The summed E-state index contributed by atoms with van der Waals surface area (Å²) in [5.74, 6) is 0.614. The van der Waals surface area contributed by atoms with E-state index < -0.39 is 0 Å². The summed E-state index contributed by atoms with van der Waals surface area (Å²) in [7, 11) is 0. The Morgan fingerprint density at radius 2 is 1.96 bits per heavy atom. The molecule has 0 aliphatic rings. The van der Waals surface area contributed by atoms with Gasteiger partial charge in [-0.15, -0.1) is 0 Å². The number of nitrogens with one attached hydrogen (secondary N) is 1. The van der Waals surface area contributed by atoms with Gasteiger partial charge in [0.1, 0.15) is 5.69 Å². The molecule has 1 amide bonds. The molecule has 2 aromatic heterocycles. The largest absolute Gasteiger partial charge is 0.368 e. The fourth-order valence-corrected chi connectivity index (χ4v) is 2.17. The van der Waals surface area contributed by atoms with Crippen LogP contribution in [0.5, 0.6) is 0 Å². The molecule has 0 saturated carbocycles. The minimum Gasteiger partial charge on any atom is -0.368 e. The molecule has 0 aliphatic carbocycles. The number of carbonyl (C=O) groups is 1. The summed E-state index contributed by atoms with van der Waals surface area (Å²) in [5, 5.41) is 6.57. The Morgan fingerprint density at radius 3 is 2.68 bits per heavy atom. The van der Waals surface area contributed by atoms with E-state index in [1.165, 1.54) is 0 Å². The van der Waals surface area contributed by atoms with Crippen LogP contribution >= 0.6 is 0 Å². The molecule has 0 unspecified atom stereocenters. The lowest BCUT2D eigenvalue weighted by molar-refractivity contribution is 0.0944. The molecule has 3 rings (SSSR count). The fraction of sp³-hybridized carbons (Fsp3) is 0.235. The van der Waals surface area contributed by atoms with Gasteiger partial charge in [0, 0.05) is 11.3 Å². The molecule has 8 heteroatoms. The summed E-state index contributed by atoms with van der Waals surface area (Å²) in [6.45, 7) is 4.05. The van der Waals surface area contributed by atoms with Crippen LogP contribution in [0.25, 0.3) is 11.5 Å². The van der Waals surface area contributed by atoms with Gasteiger partial charge in [-0.05, 0) is 24.1 Å². The molecule has 0 atom stereocenters. The predicted octanol–water partition coefficient (Wildman–Crippen LogP) is 2.16. The average molecular weight is 338 g/mol. The standard InChI is InChI=1S/C17H18N6O2/c1-10(2)12-8-13(21-17(18)20-12)15(24)19-9-14-22-16(25-23-14)11-6-4-3-5-7-11/h3-8,10H,9H2,1-2H3,(H,19,24)(H2,18,20,21). The highest BCUT2D eigenvalue weighted by Crippen LogP contribution is 2.16. The number of nitrogen functional groups attached to an aromatic ring is 1. The van der Waals surface area contributed by atoms with Crippen molar-refractivity contribution < 1.29 is 9.32 Å². The summed E-state index contributed by atoms with van der Waals surface area (Å²) in [4.78, 5) is 24.6. The van der Waals surface area contributed by atoms with E-state index in [4.69, 9.17) is 10.3 Å². The Labute approximate surface area is 144 Å². The summed E-state index contributed by atoms with van der Waals surface area (Å²) < 4.78 is 5.20. The SMILES string of the molecule is CC(C)c1cc(C(=O)NCc2noc(-c3ccccc3)n2)nc(N)n1. The van der Waals surface area contributed by atoms with E-state index in [0.29, 0.717) is 17.4 Å². The van der Waals surface area contributed by atoms with Gasteiger partial charge in [-0.1, -0.05) is 37.2 Å². The summed E-state index contributed by atoms with van der Waals surface area (Å²) >= 11 is 0. The van der Waals surface area contributed by atoms with Gasteiger partial charge in [-0.25, -0.2) is 9.97 Å². The van der Waals surface area contributed by atoms with Crippen LogP contribution in [0.2, 0.25) is 0 Å². The Morgan fingerprint density at radius 1 is 1.20 bits per heavy atom. The van der Waals surface area contributed by atoms with Gasteiger partial charge in [0.05, 0.1) is 6.54 Å². The highest BCUT2D eigenvalue weighted by Gasteiger charge is 2.14. The number of hydrogen-bond donors (Lipinski definition) is 2. The van der Waals surface area contributed by atoms with Crippen molar-refractivity contribution in [2.24, 2.45) is 0 Å². The van der Waals surface area contributed by atoms with Gasteiger partial charge >= 0.3 is 0 Å². The molecule has 0 fully saturated rings. The first-order chi connectivity index (χ1) is 12.0. The van der Waals surface area contributed by atoms with Gasteiger partial charge in [-0.2, -0.15) is 4.98 Å². The molecular weight excluding hydrogens is 320 g/mol. The molecular formula is C17H18N6O2. The molecule has 0 bridgehead atoms. The van der Waals surface area contributed by atoms with Crippen molar-refractivity contribution >= 4 is 11.9 Å². The third-order valence-electron chi connectivity index (χ3n) is 3.48. The van der Waals surface area contributed by atoms with E-state index in [0.717, 1.165) is 5.56 Å². The second-order valence-electron chi connectivity index (χ2n) is 5.76.